The molecular weight excluding hydrogens is 401 g/mol. The largest absolute Gasteiger partial charge is 0.481 e. The molecule has 0 saturated carbocycles. The highest BCUT2D eigenvalue weighted by molar-refractivity contribution is 5.98. The molecule has 4 rings (SSSR count). The fourth-order valence-electron chi connectivity index (χ4n) is 3.52. The standard InChI is InChI=1S/C19H19F3N6O2/c1-26-18(30-2)13-4-3-12(11-14(13)25-26)17(29)28-9-7-27(8-10-28)16-6-5-15(23-24-16)19(20,21)22/h3-6,11H,7-10H2,1-2H3. The molecule has 1 aliphatic heterocycles. The predicted octanol–water partition coefficient (Wildman–Crippen LogP) is 2.35. The molecule has 0 N–H and O–H groups in total. The Hall–Kier alpha value is -3.37. The van der Waals surface area contributed by atoms with Gasteiger partial charge in [-0.15, -0.1) is 10.2 Å². The average Bonchev–Trinajstić information content (AvgIpc) is 3.06. The van der Waals surface area contributed by atoms with Gasteiger partial charge in [-0.05, 0) is 30.3 Å². The summed E-state index contributed by atoms with van der Waals surface area (Å²) in [6.45, 7) is 1.74. The Balaban J connectivity index is 1.44. The molecule has 0 bridgehead atoms. The molecule has 0 atom stereocenters. The van der Waals surface area contributed by atoms with Crippen LogP contribution >= 0.6 is 0 Å². The lowest BCUT2D eigenvalue weighted by Crippen LogP contribution is -2.49. The van der Waals surface area contributed by atoms with Gasteiger partial charge in [-0.2, -0.15) is 18.3 Å². The summed E-state index contributed by atoms with van der Waals surface area (Å²) in [5.74, 6) is 0.854. The van der Waals surface area contributed by atoms with E-state index in [1.807, 2.05) is 11.0 Å². The average molecular weight is 420 g/mol. The Morgan fingerprint density at radius 3 is 2.40 bits per heavy atom. The van der Waals surface area contributed by atoms with Crippen molar-refractivity contribution in [2.75, 3.05) is 38.2 Å². The van der Waals surface area contributed by atoms with E-state index in [2.05, 4.69) is 15.3 Å². The van der Waals surface area contributed by atoms with E-state index < -0.39 is 11.9 Å². The first kappa shape index (κ1) is 19.9. The topological polar surface area (TPSA) is 76.4 Å². The van der Waals surface area contributed by atoms with Gasteiger partial charge < -0.3 is 14.5 Å². The molecule has 3 aromatic rings. The first-order valence-electron chi connectivity index (χ1n) is 9.24. The summed E-state index contributed by atoms with van der Waals surface area (Å²) < 4.78 is 44.8. The van der Waals surface area contributed by atoms with Crippen LogP contribution in [-0.4, -0.2) is 64.1 Å². The summed E-state index contributed by atoms with van der Waals surface area (Å²) in [6, 6.07) is 7.49. The molecule has 30 heavy (non-hydrogen) atoms. The summed E-state index contributed by atoms with van der Waals surface area (Å²) in [7, 11) is 3.33. The van der Waals surface area contributed by atoms with Gasteiger partial charge in [0.05, 0.1) is 18.0 Å². The number of methoxy groups -OCH3 is 1. The number of benzene rings is 1. The minimum atomic E-state index is -4.52. The van der Waals surface area contributed by atoms with Crippen molar-refractivity contribution in [3.8, 4) is 5.88 Å². The number of aromatic nitrogens is 4. The molecule has 3 heterocycles. The Bertz CT molecular complexity index is 1070. The zero-order chi connectivity index (χ0) is 21.5. The maximum absolute atomic E-state index is 12.9. The molecule has 1 aliphatic rings. The maximum Gasteiger partial charge on any atom is 0.435 e. The van der Waals surface area contributed by atoms with Crippen molar-refractivity contribution in [1.29, 1.82) is 0 Å². The molecule has 0 aliphatic carbocycles. The number of hydrogen-bond acceptors (Lipinski definition) is 6. The molecule has 0 radical (unpaired) electrons. The van der Waals surface area contributed by atoms with Crippen molar-refractivity contribution >= 4 is 22.6 Å². The number of hydrogen-bond donors (Lipinski definition) is 0. The van der Waals surface area contributed by atoms with Crippen LogP contribution in [0.1, 0.15) is 16.1 Å². The highest BCUT2D eigenvalue weighted by Crippen LogP contribution is 2.28. The maximum atomic E-state index is 12.9. The van der Waals surface area contributed by atoms with Gasteiger partial charge in [0.15, 0.2) is 11.5 Å². The van der Waals surface area contributed by atoms with Gasteiger partial charge in [-0.25, -0.2) is 4.68 Å². The molecule has 11 heteroatoms. The summed E-state index contributed by atoms with van der Waals surface area (Å²) in [6.07, 6.45) is -4.52. The van der Waals surface area contributed by atoms with E-state index in [4.69, 9.17) is 4.74 Å². The van der Waals surface area contributed by atoms with Gasteiger partial charge in [0, 0.05) is 38.8 Å². The number of piperazine rings is 1. The van der Waals surface area contributed by atoms with Crippen molar-refractivity contribution in [1.82, 2.24) is 24.9 Å². The van der Waals surface area contributed by atoms with Crippen LogP contribution in [0.4, 0.5) is 19.0 Å². The molecule has 8 nitrogen and oxygen atoms in total. The number of halogens is 3. The molecule has 1 saturated heterocycles. The zero-order valence-corrected chi connectivity index (χ0v) is 16.3. The fourth-order valence-corrected chi connectivity index (χ4v) is 3.52. The quantitative estimate of drug-likeness (QED) is 0.648. The molecular formula is C19H19F3N6O2. The second-order valence-electron chi connectivity index (χ2n) is 6.92. The van der Waals surface area contributed by atoms with Crippen molar-refractivity contribution in [2.45, 2.75) is 6.18 Å². The molecule has 1 fully saturated rings. The molecule has 0 spiro atoms. The number of aryl methyl sites for hydroxylation is 1. The third kappa shape index (κ3) is 3.62. The summed E-state index contributed by atoms with van der Waals surface area (Å²) >= 11 is 0. The number of anilines is 1. The van der Waals surface area contributed by atoms with Crippen LogP contribution in [0.15, 0.2) is 30.3 Å². The highest BCUT2D eigenvalue weighted by Gasteiger charge is 2.33. The van der Waals surface area contributed by atoms with Crippen LogP contribution in [0.2, 0.25) is 0 Å². The predicted molar refractivity (Wildman–Crippen MR) is 102 cm³/mol. The normalized spacial score (nSPS) is 15.0. The Morgan fingerprint density at radius 2 is 1.80 bits per heavy atom. The van der Waals surface area contributed by atoms with Crippen LogP contribution in [0.25, 0.3) is 10.9 Å². The number of carbonyl (C=O) groups excluding carboxylic acids is 1. The van der Waals surface area contributed by atoms with Crippen molar-refractivity contribution in [3.05, 3.63) is 41.6 Å². The molecule has 1 amide bonds. The second kappa shape index (κ2) is 7.47. The van der Waals surface area contributed by atoms with E-state index in [0.717, 1.165) is 11.5 Å². The van der Waals surface area contributed by atoms with Gasteiger partial charge in [0.25, 0.3) is 5.91 Å². The lowest BCUT2D eigenvalue weighted by atomic mass is 10.1. The first-order chi connectivity index (χ1) is 14.3. The fraction of sp³-hybridized carbons (Fsp3) is 0.368. The molecule has 2 aromatic heterocycles. The summed E-state index contributed by atoms with van der Waals surface area (Å²) in [5, 5.41) is 12.1. The molecule has 1 aromatic carbocycles. The van der Waals surface area contributed by atoms with E-state index in [-0.39, 0.29) is 5.91 Å². The van der Waals surface area contributed by atoms with Crippen LogP contribution in [0.3, 0.4) is 0 Å². The number of amides is 1. The molecule has 158 valence electrons. The number of alkyl halides is 3. The monoisotopic (exact) mass is 420 g/mol. The number of rotatable bonds is 3. The minimum absolute atomic E-state index is 0.125. The Morgan fingerprint density at radius 1 is 1.07 bits per heavy atom. The van der Waals surface area contributed by atoms with Gasteiger partial charge in [0.1, 0.15) is 0 Å². The smallest absolute Gasteiger partial charge is 0.435 e. The number of carbonyl (C=O) groups is 1. The summed E-state index contributed by atoms with van der Waals surface area (Å²) in [5.41, 5.74) is 0.159. The van der Waals surface area contributed by atoms with Crippen LogP contribution < -0.4 is 9.64 Å². The summed E-state index contributed by atoms with van der Waals surface area (Å²) in [4.78, 5) is 16.4. The number of nitrogens with zero attached hydrogens (tertiary/aromatic N) is 6. The van der Waals surface area contributed by atoms with E-state index in [0.29, 0.717) is 49.0 Å². The van der Waals surface area contributed by atoms with Crippen LogP contribution in [0.5, 0.6) is 5.88 Å². The van der Waals surface area contributed by atoms with Crippen molar-refractivity contribution in [2.24, 2.45) is 7.05 Å². The Labute approximate surface area is 169 Å². The third-order valence-electron chi connectivity index (χ3n) is 5.05. The second-order valence-corrected chi connectivity index (χ2v) is 6.92. The van der Waals surface area contributed by atoms with Gasteiger partial charge in [-0.3, -0.25) is 4.79 Å². The number of fused-ring (bicyclic) bond motifs is 1. The first-order valence-corrected chi connectivity index (χ1v) is 9.24. The van der Waals surface area contributed by atoms with Gasteiger partial charge in [0.2, 0.25) is 5.88 Å². The molecule has 0 unspecified atom stereocenters. The van der Waals surface area contributed by atoms with Crippen molar-refractivity contribution in [3.63, 3.8) is 0 Å². The van der Waals surface area contributed by atoms with E-state index >= 15 is 0 Å². The van der Waals surface area contributed by atoms with E-state index in [1.165, 1.54) is 6.07 Å². The SMILES string of the molecule is COc1c2ccc(C(=O)N3CCN(c4ccc(C(F)(F)F)nn4)CC3)cc2nn1C. The highest BCUT2D eigenvalue weighted by atomic mass is 19.4. The third-order valence-corrected chi connectivity index (χ3v) is 5.05. The van der Waals surface area contributed by atoms with E-state index in [9.17, 15) is 18.0 Å². The van der Waals surface area contributed by atoms with Crippen LogP contribution in [-0.2, 0) is 13.2 Å². The van der Waals surface area contributed by atoms with Crippen LogP contribution in [0, 0.1) is 0 Å². The zero-order valence-electron chi connectivity index (χ0n) is 16.3. The van der Waals surface area contributed by atoms with E-state index in [1.54, 1.807) is 35.9 Å². The van der Waals surface area contributed by atoms with Crippen molar-refractivity contribution < 1.29 is 22.7 Å². The van der Waals surface area contributed by atoms with Gasteiger partial charge in [-0.1, -0.05) is 0 Å². The minimum Gasteiger partial charge on any atom is -0.481 e. The Kier molecular flexibility index (Phi) is 4.96. The number of ether oxygens (including phenoxy) is 1. The lowest BCUT2D eigenvalue weighted by molar-refractivity contribution is -0.141. The van der Waals surface area contributed by atoms with Gasteiger partial charge >= 0.3 is 6.18 Å². The lowest BCUT2D eigenvalue weighted by Gasteiger charge is -2.35.